The van der Waals surface area contributed by atoms with Crippen molar-refractivity contribution in [1.82, 2.24) is 0 Å². The highest BCUT2D eigenvalue weighted by molar-refractivity contribution is 6.37. The second kappa shape index (κ2) is 5.97. The maximum absolute atomic E-state index is 12.7. The number of ether oxygens (including phenoxy) is 2. The van der Waals surface area contributed by atoms with Crippen LogP contribution in [0.1, 0.15) is 24.2 Å². The largest absolute Gasteiger partial charge is 0.493 e. The van der Waals surface area contributed by atoms with E-state index in [0.29, 0.717) is 11.3 Å². The highest BCUT2D eigenvalue weighted by atomic mass is 16.5. The highest BCUT2D eigenvalue weighted by Gasteiger charge is 2.30. The van der Waals surface area contributed by atoms with E-state index in [9.17, 15) is 14.4 Å². The van der Waals surface area contributed by atoms with E-state index in [-0.39, 0.29) is 28.2 Å². The summed E-state index contributed by atoms with van der Waals surface area (Å²) in [6, 6.07) is 4.81. The number of Topliss-reactive ketones (excluding diaryl/α,β-unsaturated/α-hetero) is 2. The zero-order valence-electron chi connectivity index (χ0n) is 12.9. The number of allylic oxidation sites excluding steroid dienone is 4. The summed E-state index contributed by atoms with van der Waals surface area (Å²) < 4.78 is 10.4. The minimum atomic E-state index is -0.546. The van der Waals surface area contributed by atoms with Crippen molar-refractivity contribution < 1.29 is 23.9 Å². The van der Waals surface area contributed by atoms with Crippen molar-refractivity contribution in [1.29, 1.82) is 0 Å². The van der Waals surface area contributed by atoms with E-state index < -0.39 is 11.6 Å². The van der Waals surface area contributed by atoms with Crippen molar-refractivity contribution in [3.05, 3.63) is 46.6 Å². The van der Waals surface area contributed by atoms with Crippen molar-refractivity contribution >= 4 is 17.3 Å². The molecule has 0 bridgehead atoms. The molecule has 0 radical (unpaired) electrons. The Balaban J connectivity index is 2.58. The second-order valence-corrected chi connectivity index (χ2v) is 4.89. The van der Waals surface area contributed by atoms with E-state index >= 15 is 0 Å². The number of benzene rings is 1. The fourth-order valence-electron chi connectivity index (χ4n) is 2.41. The SMILES string of the molecule is COc1cccc(C(=O)C2=C(C)C(=O)C(C)=CC2=O)c1OC. The molecule has 5 heteroatoms. The second-order valence-electron chi connectivity index (χ2n) is 4.89. The molecular weight excluding hydrogens is 284 g/mol. The topological polar surface area (TPSA) is 69.7 Å². The van der Waals surface area contributed by atoms with Gasteiger partial charge in [0.2, 0.25) is 5.78 Å². The van der Waals surface area contributed by atoms with Crippen LogP contribution in [0.15, 0.2) is 41.0 Å². The van der Waals surface area contributed by atoms with Crippen LogP contribution in [0, 0.1) is 0 Å². The Hall–Kier alpha value is -2.69. The summed E-state index contributed by atoms with van der Waals surface area (Å²) in [5, 5.41) is 0. The number of hydrogen-bond donors (Lipinski definition) is 0. The quantitative estimate of drug-likeness (QED) is 0.485. The molecule has 5 nitrogen and oxygen atoms in total. The van der Waals surface area contributed by atoms with E-state index in [4.69, 9.17) is 9.47 Å². The van der Waals surface area contributed by atoms with Gasteiger partial charge in [0.05, 0.1) is 25.4 Å². The van der Waals surface area contributed by atoms with Crippen LogP contribution in [0.2, 0.25) is 0 Å². The van der Waals surface area contributed by atoms with Crippen molar-refractivity contribution in [2.24, 2.45) is 0 Å². The summed E-state index contributed by atoms with van der Waals surface area (Å²) in [6.07, 6.45) is 1.19. The molecule has 1 aliphatic rings. The lowest BCUT2D eigenvalue weighted by Gasteiger charge is -2.16. The number of methoxy groups -OCH3 is 2. The van der Waals surface area contributed by atoms with Gasteiger partial charge in [-0.15, -0.1) is 0 Å². The van der Waals surface area contributed by atoms with Crippen LogP contribution in [0.25, 0.3) is 0 Å². The van der Waals surface area contributed by atoms with Gasteiger partial charge in [0, 0.05) is 11.1 Å². The summed E-state index contributed by atoms with van der Waals surface area (Å²) in [6.45, 7) is 3.04. The first-order valence-corrected chi connectivity index (χ1v) is 6.66. The Labute approximate surface area is 128 Å². The molecule has 0 unspecified atom stereocenters. The van der Waals surface area contributed by atoms with Crippen molar-refractivity contribution in [2.75, 3.05) is 14.2 Å². The van der Waals surface area contributed by atoms with Gasteiger partial charge in [-0.1, -0.05) is 6.07 Å². The first-order valence-electron chi connectivity index (χ1n) is 6.66. The molecule has 0 heterocycles. The van der Waals surface area contributed by atoms with Crippen LogP contribution in [0.4, 0.5) is 0 Å². The Kier molecular flexibility index (Phi) is 4.26. The number of carbonyl (C=O) groups is 3. The van der Waals surface area contributed by atoms with Gasteiger partial charge in [-0.3, -0.25) is 14.4 Å². The number of carbonyl (C=O) groups excluding carboxylic acids is 3. The van der Waals surface area contributed by atoms with Gasteiger partial charge < -0.3 is 9.47 Å². The summed E-state index contributed by atoms with van der Waals surface area (Å²) in [5.41, 5.74) is 0.545. The molecule has 0 N–H and O–H groups in total. The average Bonchev–Trinajstić information content (AvgIpc) is 2.51. The number of rotatable bonds is 4. The third-order valence-corrected chi connectivity index (χ3v) is 3.54. The van der Waals surface area contributed by atoms with E-state index in [1.165, 1.54) is 33.3 Å². The predicted octanol–water partition coefficient (Wildman–Crippen LogP) is 2.30. The maximum Gasteiger partial charge on any atom is 0.201 e. The highest BCUT2D eigenvalue weighted by Crippen LogP contribution is 2.33. The monoisotopic (exact) mass is 300 g/mol. The van der Waals surface area contributed by atoms with Gasteiger partial charge in [0.1, 0.15) is 0 Å². The number of para-hydroxylation sites is 1. The molecule has 1 aromatic rings. The van der Waals surface area contributed by atoms with E-state index in [2.05, 4.69) is 0 Å². The molecule has 0 fully saturated rings. The predicted molar refractivity (Wildman–Crippen MR) is 80.3 cm³/mol. The van der Waals surface area contributed by atoms with Crippen LogP contribution in [-0.2, 0) is 9.59 Å². The Morgan fingerprint density at radius 1 is 1.05 bits per heavy atom. The molecule has 0 atom stereocenters. The third-order valence-electron chi connectivity index (χ3n) is 3.54. The number of ketones is 3. The molecule has 0 spiro atoms. The smallest absolute Gasteiger partial charge is 0.201 e. The Bertz CT molecular complexity index is 737. The lowest BCUT2D eigenvalue weighted by atomic mass is 9.86. The fraction of sp³-hybridized carbons (Fsp3) is 0.235. The molecule has 1 aliphatic carbocycles. The van der Waals surface area contributed by atoms with E-state index in [1.807, 2.05) is 0 Å². The van der Waals surface area contributed by atoms with Gasteiger partial charge in [0.25, 0.3) is 0 Å². The standard InChI is InChI=1S/C17H16O5/c1-9-8-12(18)14(10(2)15(9)19)16(20)11-6-5-7-13(21-3)17(11)22-4/h5-8H,1-4H3. The van der Waals surface area contributed by atoms with E-state index in [0.717, 1.165) is 0 Å². The summed E-state index contributed by atoms with van der Waals surface area (Å²) in [5.74, 6) is -0.695. The van der Waals surface area contributed by atoms with Crippen molar-refractivity contribution in [3.8, 4) is 11.5 Å². The van der Waals surface area contributed by atoms with Crippen LogP contribution in [-0.4, -0.2) is 31.6 Å². The van der Waals surface area contributed by atoms with Gasteiger partial charge in [-0.2, -0.15) is 0 Å². The molecule has 0 aromatic heterocycles. The molecule has 114 valence electrons. The lowest BCUT2D eigenvalue weighted by Crippen LogP contribution is -2.22. The summed E-state index contributed by atoms with van der Waals surface area (Å²) >= 11 is 0. The minimum Gasteiger partial charge on any atom is -0.493 e. The van der Waals surface area contributed by atoms with E-state index in [1.54, 1.807) is 19.1 Å². The average molecular weight is 300 g/mol. The minimum absolute atomic E-state index is 0.123. The zero-order valence-corrected chi connectivity index (χ0v) is 12.9. The number of hydrogen-bond acceptors (Lipinski definition) is 5. The van der Waals surface area contributed by atoms with Gasteiger partial charge in [-0.05, 0) is 32.1 Å². The van der Waals surface area contributed by atoms with Crippen LogP contribution in [0.5, 0.6) is 11.5 Å². The summed E-state index contributed by atoms with van der Waals surface area (Å²) in [7, 11) is 2.87. The van der Waals surface area contributed by atoms with Crippen LogP contribution >= 0.6 is 0 Å². The first kappa shape index (κ1) is 15.7. The van der Waals surface area contributed by atoms with Crippen molar-refractivity contribution in [2.45, 2.75) is 13.8 Å². The third kappa shape index (κ3) is 2.45. The van der Waals surface area contributed by atoms with Crippen molar-refractivity contribution in [3.63, 3.8) is 0 Å². The molecule has 22 heavy (non-hydrogen) atoms. The maximum atomic E-state index is 12.7. The molecule has 0 saturated heterocycles. The fourth-order valence-corrected chi connectivity index (χ4v) is 2.41. The normalized spacial score (nSPS) is 14.8. The Morgan fingerprint density at radius 2 is 1.73 bits per heavy atom. The first-order chi connectivity index (χ1) is 10.4. The summed E-state index contributed by atoms with van der Waals surface area (Å²) in [4.78, 5) is 36.9. The van der Waals surface area contributed by atoms with Crippen LogP contribution in [0.3, 0.4) is 0 Å². The van der Waals surface area contributed by atoms with Gasteiger partial charge in [0.15, 0.2) is 23.1 Å². The molecule has 0 aliphatic heterocycles. The molecule has 0 saturated carbocycles. The molecule has 1 aromatic carbocycles. The van der Waals surface area contributed by atoms with Crippen LogP contribution < -0.4 is 9.47 Å². The molecule has 0 amide bonds. The van der Waals surface area contributed by atoms with Gasteiger partial charge in [-0.25, -0.2) is 0 Å². The Morgan fingerprint density at radius 3 is 2.32 bits per heavy atom. The molecule has 2 rings (SSSR count). The zero-order chi connectivity index (χ0) is 16.4. The molecular formula is C17H16O5. The van der Waals surface area contributed by atoms with Gasteiger partial charge >= 0.3 is 0 Å². The lowest BCUT2D eigenvalue weighted by molar-refractivity contribution is -0.115.